The fraction of sp³-hybridized carbons (Fsp3) is 0.259. The molecule has 0 amide bonds. The number of hydrogen-bond donors (Lipinski definition) is 0. The predicted molar refractivity (Wildman–Crippen MR) is 140 cm³/mol. The Labute approximate surface area is 224 Å². The molecule has 0 fully saturated rings. The van der Waals surface area contributed by atoms with Crippen LogP contribution in [-0.4, -0.2) is 32.2 Å². The fourth-order valence-corrected chi connectivity index (χ4v) is 4.64. The molecular weight excluding hydrogens is 535 g/mol. The van der Waals surface area contributed by atoms with E-state index in [4.69, 9.17) is 9.47 Å². The maximum absolute atomic E-state index is 13.3. The number of carbonyl (C=O) groups excluding carboxylic acids is 1. The number of carbonyl (C=O) groups is 1. The molecule has 12 heteroatoms. The summed E-state index contributed by atoms with van der Waals surface area (Å²) >= 11 is 1.18. The van der Waals surface area contributed by atoms with Crippen LogP contribution >= 0.6 is 11.5 Å². The van der Waals surface area contributed by atoms with Crippen molar-refractivity contribution in [3.05, 3.63) is 74.6 Å². The van der Waals surface area contributed by atoms with Gasteiger partial charge in [0.15, 0.2) is 12.7 Å². The summed E-state index contributed by atoms with van der Waals surface area (Å²) in [4.78, 5) is 37.5. The van der Waals surface area contributed by atoms with Crippen LogP contribution in [0, 0.1) is 18.8 Å². The van der Waals surface area contributed by atoms with Crippen LogP contribution in [-0.2, 0) is 22.8 Å². The topological polar surface area (TPSA) is 92.4 Å². The highest BCUT2D eigenvalue weighted by molar-refractivity contribution is 7.13. The number of esters is 1. The van der Waals surface area contributed by atoms with Crippen LogP contribution in [0.25, 0.3) is 27.0 Å². The minimum absolute atomic E-state index is 0.0412. The average molecular weight is 558 g/mol. The van der Waals surface area contributed by atoms with Gasteiger partial charge in [-0.1, -0.05) is 12.0 Å². The van der Waals surface area contributed by atoms with Crippen LogP contribution in [0.15, 0.2) is 52.1 Å². The Morgan fingerprint density at radius 3 is 2.59 bits per heavy atom. The lowest BCUT2D eigenvalue weighted by molar-refractivity contribution is -0.149. The third-order valence-corrected chi connectivity index (χ3v) is 6.72. The number of aromatic nitrogens is 3. The number of nitrogens with zero attached hydrogens (tertiary/aromatic N) is 3. The third kappa shape index (κ3) is 5.58. The lowest BCUT2D eigenvalue weighted by Gasteiger charge is -2.15. The highest BCUT2D eigenvalue weighted by Gasteiger charge is 2.35. The summed E-state index contributed by atoms with van der Waals surface area (Å²) in [6.45, 7) is 4.99. The van der Waals surface area contributed by atoms with Gasteiger partial charge in [0.25, 0.3) is 5.56 Å². The molecule has 0 aliphatic heterocycles. The minimum atomic E-state index is -4.86. The van der Waals surface area contributed by atoms with Gasteiger partial charge in [-0.3, -0.25) is 9.36 Å². The van der Waals surface area contributed by atoms with E-state index < -0.39 is 35.2 Å². The Kier molecular flexibility index (Phi) is 7.65. The molecule has 0 bridgehead atoms. The molecule has 4 rings (SSSR count). The van der Waals surface area contributed by atoms with Crippen molar-refractivity contribution in [3.63, 3.8) is 0 Å². The number of halogens is 3. The van der Waals surface area contributed by atoms with Crippen molar-refractivity contribution in [2.45, 2.75) is 33.1 Å². The average Bonchev–Trinajstić information content (AvgIpc) is 3.30. The summed E-state index contributed by atoms with van der Waals surface area (Å²) in [5.74, 6) is 5.07. The van der Waals surface area contributed by atoms with Gasteiger partial charge in [-0.15, -0.1) is 5.92 Å². The second-order valence-electron chi connectivity index (χ2n) is 8.53. The molecule has 0 spiro atoms. The standard InChI is InChI=1S/C27H22F3N3O5S/c1-5-6-11-37-25(35)16(3)38-18-9-7-15(2)19(13-18)24-20-12-17(8-10-21(20)39-31-24)33-23(34)14-22(27(28,29)30)32(4)26(33)36/h7-10,12-14,16H,11H2,1-4H3. The Morgan fingerprint density at radius 1 is 1.15 bits per heavy atom. The smallest absolute Gasteiger partial charge is 0.431 e. The molecule has 1 atom stereocenters. The van der Waals surface area contributed by atoms with Gasteiger partial charge in [-0.25, -0.2) is 14.2 Å². The van der Waals surface area contributed by atoms with E-state index in [-0.39, 0.29) is 12.3 Å². The van der Waals surface area contributed by atoms with Crippen LogP contribution in [0.2, 0.25) is 0 Å². The van der Waals surface area contributed by atoms with Crippen LogP contribution in [0.3, 0.4) is 0 Å². The number of alkyl halides is 3. The highest BCUT2D eigenvalue weighted by atomic mass is 32.1. The summed E-state index contributed by atoms with van der Waals surface area (Å²) < 4.78 is 56.9. The number of rotatable bonds is 6. The first-order valence-corrected chi connectivity index (χ1v) is 12.3. The number of hydrogen-bond acceptors (Lipinski definition) is 7. The highest BCUT2D eigenvalue weighted by Crippen LogP contribution is 2.36. The van der Waals surface area contributed by atoms with Gasteiger partial charge >= 0.3 is 17.8 Å². The van der Waals surface area contributed by atoms with Gasteiger partial charge in [0, 0.05) is 24.1 Å². The monoisotopic (exact) mass is 557 g/mol. The molecule has 0 aliphatic carbocycles. The fourth-order valence-electron chi connectivity index (χ4n) is 3.87. The SMILES string of the molecule is CC#CCOC(=O)C(C)Oc1ccc(C)c(-c2nsc3ccc(-n4c(=O)cc(C(F)(F)F)n(C)c4=O)cc23)c1. The molecule has 2 aromatic carbocycles. The maximum atomic E-state index is 13.3. The van der Waals surface area contributed by atoms with Crippen LogP contribution in [0.1, 0.15) is 25.1 Å². The molecule has 0 radical (unpaired) electrons. The second-order valence-corrected chi connectivity index (χ2v) is 9.33. The second kappa shape index (κ2) is 10.8. The summed E-state index contributed by atoms with van der Waals surface area (Å²) in [5.41, 5.74) is -1.46. The van der Waals surface area contributed by atoms with E-state index in [2.05, 4.69) is 16.2 Å². The molecular formula is C27H22F3N3O5S. The number of benzene rings is 2. The molecule has 0 saturated heterocycles. The quantitative estimate of drug-likeness (QED) is 0.257. The molecule has 8 nitrogen and oxygen atoms in total. The molecule has 39 heavy (non-hydrogen) atoms. The molecule has 202 valence electrons. The van der Waals surface area contributed by atoms with Gasteiger partial charge in [-0.2, -0.15) is 17.5 Å². The lowest BCUT2D eigenvalue weighted by Crippen LogP contribution is -2.40. The van der Waals surface area contributed by atoms with E-state index in [1.165, 1.54) is 23.7 Å². The first kappa shape index (κ1) is 27.7. The molecule has 0 aliphatic rings. The number of ether oxygens (including phenoxy) is 2. The Hall–Kier alpha value is -4.37. The molecule has 2 heterocycles. The van der Waals surface area contributed by atoms with Gasteiger partial charge in [0.2, 0.25) is 0 Å². The van der Waals surface area contributed by atoms with Crippen molar-refractivity contribution in [2.24, 2.45) is 7.05 Å². The summed E-state index contributed by atoms with van der Waals surface area (Å²) in [5, 5.41) is 0.581. The van der Waals surface area contributed by atoms with Crippen molar-refractivity contribution in [1.82, 2.24) is 13.5 Å². The normalized spacial score (nSPS) is 12.1. The molecule has 0 N–H and O–H groups in total. The third-order valence-electron chi connectivity index (χ3n) is 5.89. The number of aryl methyl sites for hydroxylation is 1. The summed E-state index contributed by atoms with van der Waals surface area (Å²) in [7, 11) is 0.958. The Bertz CT molecular complexity index is 1760. The van der Waals surface area contributed by atoms with Crippen LogP contribution < -0.4 is 16.0 Å². The molecule has 2 aromatic heterocycles. The lowest BCUT2D eigenvalue weighted by atomic mass is 10.0. The zero-order chi connectivity index (χ0) is 28.5. The van der Waals surface area contributed by atoms with Crippen molar-refractivity contribution in [3.8, 4) is 34.5 Å². The Balaban J connectivity index is 1.75. The van der Waals surface area contributed by atoms with Gasteiger partial charge < -0.3 is 9.47 Å². The van der Waals surface area contributed by atoms with Crippen molar-refractivity contribution < 1.29 is 27.4 Å². The van der Waals surface area contributed by atoms with E-state index in [1.54, 1.807) is 38.1 Å². The van der Waals surface area contributed by atoms with E-state index in [0.29, 0.717) is 37.6 Å². The van der Waals surface area contributed by atoms with Gasteiger partial charge in [-0.05, 0) is 68.2 Å². The number of fused-ring (bicyclic) bond motifs is 1. The largest absolute Gasteiger partial charge is 0.479 e. The van der Waals surface area contributed by atoms with E-state index >= 15 is 0 Å². The zero-order valence-corrected chi connectivity index (χ0v) is 22.1. The van der Waals surface area contributed by atoms with Crippen molar-refractivity contribution in [2.75, 3.05) is 6.61 Å². The van der Waals surface area contributed by atoms with E-state index in [0.717, 1.165) is 17.3 Å². The van der Waals surface area contributed by atoms with Crippen LogP contribution in [0.4, 0.5) is 13.2 Å². The van der Waals surface area contributed by atoms with E-state index in [1.807, 2.05) is 6.92 Å². The van der Waals surface area contributed by atoms with Crippen molar-refractivity contribution in [1.29, 1.82) is 0 Å². The first-order chi connectivity index (χ1) is 18.4. The first-order valence-electron chi connectivity index (χ1n) is 11.6. The van der Waals surface area contributed by atoms with Gasteiger partial charge in [0.1, 0.15) is 11.4 Å². The zero-order valence-electron chi connectivity index (χ0n) is 21.3. The maximum Gasteiger partial charge on any atom is 0.431 e. The van der Waals surface area contributed by atoms with Crippen LogP contribution in [0.5, 0.6) is 5.75 Å². The molecule has 4 aromatic rings. The summed E-state index contributed by atoms with van der Waals surface area (Å²) in [6.07, 6.45) is -5.76. The molecule has 1 unspecified atom stereocenters. The summed E-state index contributed by atoms with van der Waals surface area (Å²) in [6, 6.07) is 10.2. The predicted octanol–water partition coefficient (Wildman–Crippen LogP) is 4.47. The minimum Gasteiger partial charge on any atom is -0.479 e. The van der Waals surface area contributed by atoms with E-state index in [9.17, 15) is 27.6 Å². The molecule has 0 saturated carbocycles. The van der Waals surface area contributed by atoms with Gasteiger partial charge in [0.05, 0.1) is 16.1 Å². The van der Waals surface area contributed by atoms with Crippen molar-refractivity contribution >= 4 is 27.6 Å². The Morgan fingerprint density at radius 2 is 1.90 bits per heavy atom.